The maximum atomic E-state index is 10.3. The van der Waals surface area contributed by atoms with Gasteiger partial charge in [-0.1, -0.05) is 36.4 Å². The number of ether oxygens (including phenoxy) is 2. The number of rotatable bonds is 3. The van der Waals surface area contributed by atoms with Crippen molar-refractivity contribution < 1.29 is 14.6 Å². The topological polar surface area (TPSA) is 68.5 Å². The molecular formula is C20H19N3O3. The van der Waals surface area contributed by atoms with Gasteiger partial charge in [0.2, 0.25) is 12.7 Å². The fourth-order valence-corrected chi connectivity index (χ4v) is 3.99. The van der Waals surface area contributed by atoms with Gasteiger partial charge in [0.25, 0.3) is 0 Å². The van der Waals surface area contributed by atoms with E-state index in [0.717, 1.165) is 28.6 Å². The number of hydrogen-bond donors (Lipinski definition) is 2. The second kappa shape index (κ2) is 6.07. The van der Waals surface area contributed by atoms with Crippen LogP contribution in [0.15, 0.2) is 60.9 Å². The maximum Gasteiger partial charge on any atom is 0.231 e. The first kappa shape index (κ1) is 15.3. The molecule has 0 aliphatic carbocycles. The monoisotopic (exact) mass is 349 g/mol. The van der Waals surface area contributed by atoms with Gasteiger partial charge >= 0.3 is 0 Å². The summed E-state index contributed by atoms with van der Waals surface area (Å²) in [4.78, 5) is 4.46. The lowest BCUT2D eigenvalue weighted by Crippen LogP contribution is -2.38. The zero-order valence-corrected chi connectivity index (χ0v) is 14.1. The minimum absolute atomic E-state index is 0.0356. The normalized spacial score (nSPS) is 23.3. The van der Waals surface area contributed by atoms with Crippen LogP contribution in [0.1, 0.15) is 23.2 Å². The largest absolute Gasteiger partial charge is 0.454 e. The first-order chi connectivity index (χ1) is 12.8. The van der Waals surface area contributed by atoms with Crippen LogP contribution in [0.25, 0.3) is 0 Å². The minimum atomic E-state index is -0.0570. The molecule has 132 valence electrons. The Hall–Kier alpha value is -2.99. The highest BCUT2D eigenvalue weighted by molar-refractivity contribution is 5.48. The van der Waals surface area contributed by atoms with Crippen LogP contribution in [-0.4, -0.2) is 28.1 Å². The van der Waals surface area contributed by atoms with Gasteiger partial charge < -0.3 is 24.5 Å². The third-order valence-corrected chi connectivity index (χ3v) is 5.19. The van der Waals surface area contributed by atoms with E-state index in [4.69, 9.17) is 9.47 Å². The molecule has 2 aliphatic heterocycles. The molecule has 26 heavy (non-hydrogen) atoms. The SMILES string of the molecule is OC[C@@H]1[C@@H](c2ccc3c(c2)OCO3)n2ccnc2N[C@H]1c1ccccc1. The molecular weight excluding hydrogens is 330 g/mol. The number of benzene rings is 2. The molecule has 0 fully saturated rings. The van der Waals surface area contributed by atoms with Crippen molar-refractivity contribution in [1.82, 2.24) is 9.55 Å². The highest BCUT2D eigenvalue weighted by Gasteiger charge is 2.38. The van der Waals surface area contributed by atoms with Crippen molar-refractivity contribution in [3.05, 3.63) is 72.1 Å². The van der Waals surface area contributed by atoms with Crippen LogP contribution in [0.5, 0.6) is 11.5 Å². The Kier molecular flexibility index (Phi) is 3.57. The molecule has 0 unspecified atom stereocenters. The van der Waals surface area contributed by atoms with Crippen LogP contribution in [0.4, 0.5) is 5.95 Å². The predicted octanol–water partition coefficient (Wildman–Crippen LogP) is 2.98. The van der Waals surface area contributed by atoms with E-state index in [9.17, 15) is 5.11 Å². The molecule has 3 heterocycles. The van der Waals surface area contributed by atoms with Crippen molar-refractivity contribution in [3.63, 3.8) is 0 Å². The van der Waals surface area contributed by atoms with Crippen molar-refractivity contribution >= 4 is 5.95 Å². The third-order valence-electron chi connectivity index (χ3n) is 5.19. The lowest BCUT2D eigenvalue weighted by Gasteiger charge is -2.40. The fourth-order valence-electron chi connectivity index (χ4n) is 3.99. The van der Waals surface area contributed by atoms with E-state index in [2.05, 4.69) is 27.0 Å². The molecule has 2 N–H and O–H groups in total. The van der Waals surface area contributed by atoms with E-state index < -0.39 is 0 Å². The van der Waals surface area contributed by atoms with Crippen molar-refractivity contribution in [2.75, 3.05) is 18.7 Å². The number of aliphatic hydroxyl groups is 1. The molecule has 6 nitrogen and oxygen atoms in total. The summed E-state index contributed by atoms with van der Waals surface area (Å²) in [5, 5.41) is 13.8. The average Bonchev–Trinajstić information content (AvgIpc) is 3.35. The van der Waals surface area contributed by atoms with Gasteiger partial charge in [0.15, 0.2) is 11.5 Å². The van der Waals surface area contributed by atoms with Gasteiger partial charge in [0.1, 0.15) is 0 Å². The van der Waals surface area contributed by atoms with Crippen LogP contribution in [0.2, 0.25) is 0 Å². The number of hydrogen-bond acceptors (Lipinski definition) is 5. The number of fused-ring (bicyclic) bond motifs is 2. The molecule has 5 rings (SSSR count). The highest BCUT2D eigenvalue weighted by atomic mass is 16.7. The van der Waals surface area contributed by atoms with Gasteiger partial charge in [-0.3, -0.25) is 0 Å². The van der Waals surface area contributed by atoms with Gasteiger partial charge in [-0.05, 0) is 23.3 Å². The van der Waals surface area contributed by atoms with Crippen molar-refractivity contribution in [3.8, 4) is 11.5 Å². The van der Waals surface area contributed by atoms with Crippen LogP contribution in [-0.2, 0) is 0 Å². The first-order valence-corrected chi connectivity index (χ1v) is 8.70. The molecule has 0 spiro atoms. The van der Waals surface area contributed by atoms with E-state index in [1.54, 1.807) is 6.20 Å². The quantitative estimate of drug-likeness (QED) is 0.761. The smallest absolute Gasteiger partial charge is 0.231 e. The van der Waals surface area contributed by atoms with Gasteiger partial charge in [0.05, 0.1) is 18.7 Å². The second-order valence-corrected chi connectivity index (χ2v) is 6.59. The Morgan fingerprint density at radius 2 is 1.92 bits per heavy atom. The predicted molar refractivity (Wildman–Crippen MR) is 96.3 cm³/mol. The summed E-state index contributed by atoms with van der Waals surface area (Å²) >= 11 is 0. The lowest BCUT2D eigenvalue weighted by atomic mass is 9.82. The summed E-state index contributed by atoms with van der Waals surface area (Å²) in [5.74, 6) is 2.25. The number of imidazole rings is 1. The number of aliphatic hydroxyl groups excluding tert-OH is 1. The third kappa shape index (κ3) is 2.34. The molecule has 0 amide bonds. The van der Waals surface area contributed by atoms with Gasteiger partial charge in [-0.2, -0.15) is 0 Å². The van der Waals surface area contributed by atoms with Gasteiger partial charge in [-0.15, -0.1) is 0 Å². The van der Waals surface area contributed by atoms with Crippen molar-refractivity contribution in [2.45, 2.75) is 12.1 Å². The van der Waals surface area contributed by atoms with E-state index in [1.807, 2.05) is 42.6 Å². The Bertz CT molecular complexity index is 925. The summed E-state index contributed by atoms with van der Waals surface area (Å²) in [7, 11) is 0. The van der Waals surface area contributed by atoms with Crippen LogP contribution < -0.4 is 14.8 Å². The lowest BCUT2D eigenvalue weighted by molar-refractivity contribution is 0.165. The van der Waals surface area contributed by atoms with E-state index in [-0.39, 0.29) is 31.4 Å². The van der Waals surface area contributed by atoms with E-state index in [1.165, 1.54) is 0 Å². The van der Waals surface area contributed by atoms with Crippen LogP contribution >= 0.6 is 0 Å². The zero-order valence-electron chi connectivity index (χ0n) is 14.1. The second-order valence-electron chi connectivity index (χ2n) is 6.59. The number of aromatic nitrogens is 2. The minimum Gasteiger partial charge on any atom is -0.454 e. The maximum absolute atomic E-state index is 10.3. The van der Waals surface area contributed by atoms with E-state index in [0.29, 0.717) is 0 Å². The summed E-state index contributed by atoms with van der Waals surface area (Å²) in [5.41, 5.74) is 2.20. The molecule has 3 atom stereocenters. The van der Waals surface area contributed by atoms with Crippen molar-refractivity contribution in [2.24, 2.45) is 5.92 Å². The Morgan fingerprint density at radius 3 is 2.77 bits per heavy atom. The molecule has 0 radical (unpaired) electrons. The van der Waals surface area contributed by atoms with Crippen molar-refractivity contribution in [1.29, 1.82) is 0 Å². The van der Waals surface area contributed by atoms with Gasteiger partial charge in [0, 0.05) is 18.3 Å². The molecule has 0 bridgehead atoms. The molecule has 0 saturated heterocycles. The average molecular weight is 349 g/mol. The summed E-state index contributed by atoms with van der Waals surface area (Å²) in [6, 6.07) is 16.1. The zero-order chi connectivity index (χ0) is 17.5. The van der Waals surface area contributed by atoms with Gasteiger partial charge in [-0.25, -0.2) is 4.98 Å². The highest BCUT2D eigenvalue weighted by Crippen LogP contribution is 2.44. The number of anilines is 1. The Morgan fingerprint density at radius 1 is 1.08 bits per heavy atom. The van der Waals surface area contributed by atoms with Crippen LogP contribution in [0.3, 0.4) is 0 Å². The molecule has 2 aromatic carbocycles. The summed E-state index contributed by atoms with van der Waals surface area (Å²) in [6.07, 6.45) is 3.73. The molecule has 0 saturated carbocycles. The molecule has 6 heteroatoms. The Balaban J connectivity index is 1.62. The standard InChI is InChI=1S/C20H19N3O3/c24-11-15-18(13-4-2-1-3-5-13)22-20-21-8-9-23(20)19(15)14-6-7-16-17(10-14)26-12-25-16/h1-10,15,18-19,24H,11-12H2,(H,21,22)/t15-,18-,19+/m0/s1. The van der Waals surface area contributed by atoms with E-state index >= 15 is 0 Å². The summed E-state index contributed by atoms with van der Waals surface area (Å²) < 4.78 is 13.1. The van der Waals surface area contributed by atoms with Crippen LogP contribution in [0, 0.1) is 5.92 Å². The molecule has 1 aromatic heterocycles. The number of nitrogens with one attached hydrogen (secondary N) is 1. The first-order valence-electron chi connectivity index (χ1n) is 8.70. The Labute approximate surface area is 151 Å². The number of nitrogens with zero attached hydrogens (tertiary/aromatic N) is 2. The molecule has 3 aromatic rings. The fraction of sp³-hybridized carbons (Fsp3) is 0.250. The molecule has 2 aliphatic rings. The summed E-state index contributed by atoms with van der Waals surface area (Å²) in [6.45, 7) is 0.292.